The van der Waals surface area contributed by atoms with E-state index in [-0.39, 0.29) is 0 Å². The summed E-state index contributed by atoms with van der Waals surface area (Å²) in [5.74, 6) is 0. The topological polar surface area (TPSA) is 17.1 Å². The van der Waals surface area contributed by atoms with Gasteiger partial charge < -0.3 is 0 Å². The number of hydrogen-bond acceptors (Lipinski definition) is 1. The molecule has 0 aliphatic heterocycles. The van der Waals surface area contributed by atoms with E-state index in [1.807, 2.05) is 36.4 Å². The van der Waals surface area contributed by atoms with Gasteiger partial charge >= 0.3 is 75.5 Å². The van der Waals surface area contributed by atoms with E-state index in [1.54, 1.807) is 154 Å². The Morgan fingerprint density at radius 2 is 0.680 bits per heavy atom. The number of benzene rings is 1. The fraction of sp³-hybridized carbons (Fsp3) is 0.800. The van der Waals surface area contributed by atoms with E-state index in [0.717, 1.165) is 9.19 Å². The first-order valence-corrected chi connectivity index (χ1v) is 25.9. The van der Waals surface area contributed by atoms with Gasteiger partial charge in [0.2, 0.25) is 0 Å². The van der Waals surface area contributed by atoms with Gasteiger partial charge in [-0.05, 0) is 111 Å². The van der Waals surface area contributed by atoms with Gasteiger partial charge in [0.1, 0.15) is 0 Å². The Morgan fingerprint density at radius 1 is 0.460 bits per heavy atom. The number of carbonyl (C=O) groups excluding carboxylic acids is 1. The van der Waals surface area contributed by atoms with E-state index in [4.69, 9.17) is 16.4 Å². The third-order valence-electron chi connectivity index (χ3n) is 13.0. The average molecular weight is 828 g/mol. The molecule has 6 saturated carbocycles. The van der Waals surface area contributed by atoms with Gasteiger partial charge in [-0.15, -0.1) is 0 Å². The zero-order chi connectivity index (χ0) is 35.2. The first-order chi connectivity index (χ1) is 24.7. The molecule has 0 atom stereocenters. The van der Waals surface area contributed by atoms with Crippen LogP contribution in [0.4, 0.5) is 0 Å². The second-order valence-corrected chi connectivity index (χ2v) is 24.5. The van der Waals surface area contributed by atoms with Crippen LogP contribution in [0.25, 0.3) is 6.08 Å². The normalized spacial score (nSPS) is 24.4. The van der Waals surface area contributed by atoms with Crippen LogP contribution in [0.1, 0.15) is 198 Å². The quantitative estimate of drug-likeness (QED) is 0.198. The third kappa shape index (κ3) is 15.3. The maximum absolute atomic E-state index is 7.50. The second kappa shape index (κ2) is 26.2. The average Bonchev–Trinajstić information content (AvgIpc) is 3.19. The van der Waals surface area contributed by atoms with Gasteiger partial charge in [0.05, 0.1) is 0 Å². The predicted molar refractivity (Wildman–Crippen MR) is 221 cm³/mol. The van der Waals surface area contributed by atoms with Crippen molar-refractivity contribution >= 4 is 40.3 Å². The summed E-state index contributed by atoms with van der Waals surface area (Å²) in [5.41, 5.74) is 8.27. The molecule has 0 amide bonds. The van der Waals surface area contributed by atoms with E-state index in [9.17, 15) is 0 Å². The minimum Gasteiger partial charge on any atom is -0.281 e. The zero-order valence-electron chi connectivity index (χ0n) is 31.7. The molecule has 0 spiro atoms. The molecule has 0 saturated heterocycles. The number of hydrogen-bond donors (Lipinski definition) is 0. The van der Waals surface area contributed by atoms with Crippen LogP contribution in [0.2, 0.25) is 0 Å². The molecule has 6 aliphatic carbocycles. The van der Waals surface area contributed by atoms with Crippen LogP contribution in [-0.2, 0) is 23.1 Å². The minimum atomic E-state index is 0.385. The summed E-state index contributed by atoms with van der Waals surface area (Å²) < 4.78 is 0.741. The first kappa shape index (κ1) is 43.1. The molecule has 1 nitrogen and oxygen atoms in total. The van der Waals surface area contributed by atoms with Gasteiger partial charge in [-0.3, -0.25) is 4.79 Å². The van der Waals surface area contributed by atoms with Crippen LogP contribution in [-0.4, -0.2) is 40.7 Å². The summed E-state index contributed by atoms with van der Waals surface area (Å²) in [6.45, 7) is 4.50. The largest absolute Gasteiger partial charge is 0.281 e. The van der Waals surface area contributed by atoms with E-state index in [0.29, 0.717) is 15.8 Å². The SMILES string of the molecule is C1CCC(P(C2CCCCC2)C2CCCCC2)CC1.C1CCC(P(C2CCCCC2)C2CCCCC2)CC1.Cl[C]([Ru])=Cc1ccccc1.[C]=O. The summed E-state index contributed by atoms with van der Waals surface area (Å²) in [6, 6.07) is 9.97. The molecule has 1 aromatic rings. The van der Waals surface area contributed by atoms with E-state index in [2.05, 4.69) is 25.1 Å². The van der Waals surface area contributed by atoms with Crippen molar-refractivity contribution in [1.29, 1.82) is 0 Å². The smallest absolute Gasteiger partial charge is 0.281 e. The Hall–Kier alpha value is 0.403. The fourth-order valence-corrected chi connectivity index (χ4v) is 20.5. The van der Waals surface area contributed by atoms with Gasteiger partial charge in [-0.2, -0.15) is 0 Å². The summed E-state index contributed by atoms with van der Waals surface area (Å²) in [4.78, 5) is 7.50. The van der Waals surface area contributed by atoms with E-state index >= 15 is 0 Å². The molecule has 5 heteroatoms. The van der Waals surface area contributed by atoms with Crippen LogP contribution in [0.5, 0.6) is 0 Å². The van der Waals surface area contributed by atoms with Gasteiger partial charge in [0.25, 0.3) is 6.79 Å². The molecule has 2 radical (unpaired) electrons. The summed E-state index contributed by atoms with van der Waals surface area (Å²) in [5, 5.41) is 0. The van der Waals surface area contributed by atoms with Gasteiger partial charge in [0, 0.05) is 0 Å². The molecule has 0 heterocycles. The van der Waals surface area contributed by atoms with Crippen molar-refractivity contribution in [3.63, 3.8) is 0 Å². The standard InChI is InChI=1S/2C18H33P.C8H6Cl.CO.Ru/c2*1-4-10-16(11-5-1)19(17-12-6-2-7-13-17)18-14-8-3-9-15-18;9-7-6-8-4-2-1-3-5-8;1-2;/h2*16-18H,1-15H2;1-6H;;. The molecular weight excluding hydrogens is 755 g/mol. The fourth-order valence-electron chi connectivity index (χ4n) is 10.7. The number of halogens is 1. The van der Waals surface area contributed by atoms with Crippen molar-refractivity contribution in [3.05, 3.63) is 39.5 Å². The summed E-state index contributed by atoms with van der Waals surface area (Å²) >= 11 is 7.99. The monoisotopic (exact) mass is 827 g/mol. The molecule has 0 bridgehead atoms. The second-order valence-electron chi connectivity index (χ2n) is 16.5. The Balaban J connectivity index is 0.000000172. The van der Waals surface area contributed by atoms with Crippen LogP contribution in [0.3, 0.4) is 0 Å². The van der Waals surface area contributed by atoms with Gasteiger partial charge in [-0.25, -0.2) is 0 Å². The summed E-state index contributed by atoms with van der Waals surface area (Å²) in [6.07, 6.45) is 49.1. The Bertz CT molecular complexity index is 858. The van der Waals surface area contributed by atoms with Gasteiger partial charge in [-0.1, -0.05) is 131 Å². The van der Waals surface area contributed by atoms with E-state index < -0.39 is 0 Å². The molecule has 0 unspecified atom stereocenters. The van der Waals surface area contributed by atoms with Crippen molar-refractivity contribution in [2.45, 2.75) is 227 Å². The van der Waals surface area contributed by atoms with Crippen molar-refractivity contribution < 1.29 is 23.1 Å². The third-order valence-corrected chi connectivity index (χ3v) is 21.6. The first-order valence-electron chi connectivity index (χ1n) is 21.5. The maximum Gasteiger partial charge on any atom is 0.281 e. The van der Waals surface area contributed by atoms with E-state index in [1.165, 1.54) is 72.5 Å². The molecule has 0 N–H and O–H groups in total. The Labute approximate surface area is 327 Å². The molecule has 7 rings (SSSR count). The Morgan fingerprint density at radius 3 is 0.880 bits per heavy atom. The van der Waals surface area contributed by atoms with Crippen molar-refractivity contribution in [2.75, 3.05) is 0 Å². The molecule has 0 aromatic heterocycles. The minimum absolute atomic E-state index is 0.385. The van der Waals surface area contributed by atoms with Crippen molar-refractivity contribution in [2.24, 2.45) is 0 Å². The maximum atomic E-state index is 7.50. The van der Waals surface area contributed by atoms with Crippen LogP contribution < -0.4 is 0 Å². The zero-order valence-corrected chi connectivity index (χ0v) is 36.0. The van der Waals surface area contributed by atoms with Gasteiger partial charge in [0.15, 0.2) is 0 Å². The van der Waals surface area contributed by atoms with Crippen LogP contribution in [0.15, 0.2) is 34.0 Å². The molecule has 50 heavy (non-hydrogen) atoms. The molecule has 6 aliphatic rings. The molecule has 283 valence electrons. The van der Waals surface area contributed by atoms with Crippen LogP contribution >= 0.6 is 27.4 Å². The Kier molecular flexibility index (Phi) is 22.6. The van der Waals surface area contributed by atoms with Crippen molar-refractivity contribution in [1.82, 2.24) is 0 Å². The predicted octanol–water partition coefficient (Wildman–Crippen LogP) is 15.3. The molecule has 1 aromatic carbocycles. The van der Waals surface area contributed by atoms with Crippen molar-refractivity contribution in [3.8, 4) is 0 Å². The van der Waals surface area contributed by atoms with Crippen LogP contribution in [0, 0.1) is 0 Å². The number of rotatable bonds is 7. The molecule has 6 fully saturated rings. The molecular formula is C45H72ClOP2Ru. The summed E-state index contributed by atoms with van der Waals surface area (Å²) in [7, 11) is 0.770.